The summed E-state index contributed by atoms with van der Waals surface area (Å²) < 4.78 is 0. The lowest BCUT2D eigenvalue weighted by Crippen LogP contribution is -2.22. The Labute approximate surface area is 120 Å². The molecule has 2 rings (SSSR count). The lowest BCUT2D eigenvalue weighted by molar-refractivity contribution is 0.0954. The molecular formula is C14H15N3O2S. The molecule has 104 valence electrons. The van der Waals surface area contributed by atoms with Crippen molar-refractivity contribution >= 4 is 34.5 Å². The first-order valence-corrected chi connectivity index (χ1v) is 7.02. The van der Waals surface area contributed by atoms with Crippen molar-refractivity contribution in [2.75, 3.05) is 17.6 Å². The number of thiophene rings is 1. The summed E-state index contributed by atoms with van der Waals surface area (Å²) in [5.74, 6) is -0.440. The van der Waals surface area contributed by atoms with Gasteiger partial charge in [0.05, 0.1) is 5.69 Å². The van der Waals surface area contributed by atoms with E-state index in [0.717, 1.165) is 0 Å². The number of benzene rings is 1. The minimum Gasteiger partial charge on any atom is -0.397 e. The van der Waals surface area contributed by atoms with Crippen LogP contribution in [0.2, 0.25) is 0 Å². The zero-order valence-electron chi connectivity index (χ0n) is 11.0. The van der Waals surface area contributed by atoms with Gasteiger partial charge in [0.25, 0.3) is 11.8 Å². The number of amides is 2. The second-order valence-electron chi connectivity index (χ2n) is 4.10. The Hall–Kier alpha value is -2.34. The van der Waals surface area contributed by atoms with Crippen molar-refractivity contribution in [3.63, 3.8) is 0 Å². The Kier molecular flexibility index (Phi) is 4.37. The van der Waals surface area contributed by atoms with Gasteiger partial charge < -0.3 is 16.4 Å². The van der Waals surface area contributed by atoms with Crippen molar-refractivity contribution in [1.82, 2.24) is 5.32 Å². The molecule has 2 aromatic rings. The Bertz CT molecular complexity index is 637. The summed E-state index contributed by atoms with van der Waals surface area (Å²) in [7, 11) is 0. The van der Waals surface area contributed by atoms with E-state index >= 15 is 0 Å². The van der Waals surface area contributed by atoms with Crippen molar-refractivity contribution in [2.45, 2.75) is 6.92 Å². The average Bonchev–Trinajstić information content (AvgIpc) is 2.85. The zero-order valence-corrected chi connectivity index (χ0v) is 11.8. The molecule has 20 heavy (non-hydrogen) atoms. The van der Waals surface area contributed by atoms with Crippen LogP contribution in [-0.4, -0.2) is 18.4 Å². The molecule has 1 heterocycles. The van der Waals surface area contributed by atoms with Crippen molar-refractivity contribution in [2.24, 2.45) is 0 Å². The molecule has 0 fully saturated rings. The highest BCUT2D eigenvalue weighted by Gasteiger charge is 2.12. The molecule has 0 aliphatic rings. The molecule has 0 unspecified atom stereocenters. The molecule has 4 N–H and O–H groups in total. The largest absolute Gasteiger partial charge is 0.397 e. The van der Waals surface area contributed by atoms with E-state index in [4.69, 9.17) is 5.73 Å². The first-order valence-electron chi connectivity index (χ1n) is 6.14. The van der Waals surface area contributed by atoms with E-state index in [1.165, 1.54) is 11.3 Å². The predicted octanol–water partition coefficient (Wildman–Crippen LogP) is 2.33. The van der Waals surface area contributed by atoms with Gasteiger partial charge in [-0.3, -0.25) is 9.59 Å². The Morgan fingerprint density at radius 1 is 1.25 bits per heavy atom. The maximum Gasteiger partial charge on any atom is 0.267 e. The molecule has 0 spiro atoms. The first kappa shape index (κ1) is 14.1. The van der Waals surface area contributed by atoms with E-state index in [1.807, 2.05) is 6.92 Å². The number of carbonyl (C=O) groups is 2. The summed E-state index contributed by atoms with van der Waals surface area (Å²) in [5, 5.41) is 7.20. The summed E-state index contributed by atoms with van der Waals surface area (Å²) in [4.78, 5) is 24.2. The van der Waals surface area contributed by atoms with Crippen LogP contribution in [0.1, 0.15) is 27.0 Å². The number of nitrogen functional groups attached to an aromatic ring is 1. The minimum atomic E-state index is -0.273. The first-order chi connectivity index (χ1) is 9.61. The second kappa shape index (κ2) is 6.21. The summed E-state index contributed by atoms with van der Waals surface area (Å²) in [6.07, 6.45) is 0. The summed E-state index contributed by atoms with van der Waals surface area (Å²) in [6, 6.07) is 8.46. The molecule has 1 aromatic heterocycles. The van der Waals surface area contributed by atoms with Crippen LogP contribution in [0.5, 0.6) is 0 Å². The number of anilines is 2. The monoisotopic (exact) mass is 289 g/mol. The van der Waals surface area contributed by atoms with Crippen LogP contribution in [0.25, 0.3) is 0 Å². The van der Waals surface area contributed by atoms with E-state index in [-0.39, 0.29) is 11.8 Å². The van der Waals surface area contributed by atoms with Gasteiger partial charge in [0.15, 0.2) is 0 Å². The van der Waals surface area contributed by atoms with Gasteiger partial charge in [0, 0.05) is 17.8 Å². The van der Waals surface area contributed by atoms with E-state index in [9.17, 15) is 9.59 Å². The van der Waals surface area contributed by atoms with Crippen molar-refractivity contribution < 1.29 is 9.59 Å². The predicted molar refractivity (Wildman–Crippen MR) is 81.1 cm³/mol. The maximum absolute atomic E-state index is 12.0. The number of rotatable bonds is 4. The van der Waals surface area contributed by atoms with E-state index in [2.05, 4.69) is 10.6 Å². The quantitative estimate of drug-likeness (QED) is 0.807. The molecule has 0 saturated heterocycles. The lowest BCUT2D eigenvalue weighted by Gasteiger charge is -2.07. The maximum atomic E-state index is 12.0. The van der Waals surface area contributed by atoms with Crippen LogP contribution in [0.3, 0.4) is 0 Å². The highest BCUT2D eigenvalue weighted by Crippen LogP contribution is 2.20. The van der Waals surface area contributed by atoms with Gasteiger partial charge in [-0.2, -0.15) is 0 Å². The third-order valence-corrected chi connectivity index (χ3v) is 3.55. The van der Waals surface area contributed by atoms with E-state index in [1.54, 1.807) is 35.7 Å². The van der Waals surface area contributed by atoms with Crippen LogP contribution in [0.15, 0.2) is 35.7 Å². The molecule has 5 nitrogen and oxygen atoms in total. The van der Waals surface area contributed by atoms with Crippen molar-refractivity contribution in [3.8, 4) is 0 Å². The molecule has 0 radical (unpaired) electrons. The fourth-order valence-corrected chi connectivity index (χ4v) is 2.41. The summed E-state index contributed by atoms with van der Waals surface area (Å²) >= 11 is 1.28. The number of nitrogens with one attached hydrogen (secondary N) is 2. The smallest absolute Gasteiger partial charge is 0.267 e. The topological polar surface area (TPSA) is 84.2 Å². The highest BCUT2D eigenvalue weighted by atomic mass is 32.1. The van der Waals surface area contributed by atoms with Gasteiger partial charge in [-0.1, -0.05) is 6.07 Å². The van der Waals surface area contributed by atoms with Gasteiger partial charge in [-0.05, 0) is 36.6 Å². The second-order valence-corrected chi connectivity index (χ2v) is 5.02. The number of hydrogen-bond donors (Lipinski definition) is 3. The minimum absolute atomic E-state index is 0.167. The number of nitrogens with two attached hydrogens (primary N) is 1. The highest BCUT2D eigenvalue weighted by molar-refractivity contribution is 7.12. The van der Waals surface area contributed by atoms with Crippen LogP contribution in [0.4, 0.5) is 11.4 Å². The van der Waals surface area contributed by atoms with Gasteiger partial charge in [0.2, 0.25) is 0 Å². The van der Waals surface area contributed by atoms with Crippen molar-refractivity contribution in [3.05, 3.63) is 46.2 Å². The average molecular weight is 289 g/mol. The van der Waals surface area contributed by atoms with E-state index in [0.29, 0.717) is 28.4 Å². The Morgan fingerprint density at radius 3 is 2.70 bits per heavy atom. The number of carbonyl (C=O) groups excluding carboxylic acids is 2. The fourth-order valence-electron chi connectivity index (χ4n) is 1.69. The van der Waals surface area contributed by atoms with Gasteiger partial charge in [-0.15, -0.1) is 11.3 Å². The van der Waals surface area contributed by atoms with Gasteiger partial charge >= 0.3 is 0 Å². The number of hydrogen-bond acceptors (Lipinski definition) is 4. The fraction of sp³-hybridized carbons (Fsp3) is 0.143. The normalized spacial score (nSPS) is 10.1. The lowest BCUT2D eigenvalue weighted by atomic mass is 10.2. The molecular weight excluding hydrogens is 274 g/mol. The van der Waals surface area contributed by atoms with Gasteiger partial charge in [-0.25, -0.2) is 0 Å². The third-order valence-electron chi connectivity index (χ3n) is 2.62. The van der Waals surface area contributed by atoms with Crippen LogP contribution in [-0.2, 0) is 0 Å². The SMILES string of the molecule is CCNC(=O)c1cccc(NC(=O)c2sccc2N)c1. The molecule has 0 aliphatic heterocycles. The summed E-state index contributed by atoms with van der Waals surface area (Å²) in [6.45, 7) is 2.41. The Balaban J connectivity index is 2.14. The molecule has 1 aromatic carbocycles. The van der Waals surface area contributed by atoms with Gasteiger partial charge in [0.1, 0.15) is 4.88 Å². The zero-order chi connectivity index (χ0) is 14.5. The summed E-state index contributed by atoms with van der Waals surface area (Å²) in [5.41, 5.74) is 7.21. The standard InChI is InChI=1S/C14H15N3O2S/c1-2-16-13(18)9-4-3-5-10(8-9)17-14(19)12-11(15)6-7-20-12/h3-8H,2,15H2,1H3,(H,16,18)(H,17,19). The Morgan fingerprint density at radius 2 is 2.05 bits per heavy atom. The van der Waals surface area contributed by atoms with Crippen LogP contribution >= 0.6 is 11.3 Å². The molecule has 0 atom stereocenters. The molecule has 0 bridgehead atoms. The third kappa shape index (κ3) is 3.16. The van der Waals surface area contributed by atoms with Crippen LogP contribution in [0, 0.1) is 0 Å². The van der Waals surface area contributed by atoms with E-state index < -0.39 is 0 Å². The van der Waals surface area contributed by atoms with Crippen LogP contribution < -0.4 is 16.4 Å². The molecule has 0 aliphatic carbocycles. The molecule has 6 heteroatoms. The van der Waals surface area contributed by atoms with Crippen molar-refractivity contribution in [1.29, 1.82) is 0 Å². The molecule has 2 amide bonds. The molecule has 0 saturated carbocycles.